The molecule has 3 rings (SSSR count). The summed E-state index contributed by atoms with van der Waals surface area (Å²) in [7, 11) is 0. The lowest BCUT2D eigenvalue weighted by atomic mass is 10.0. The minimum Gasteiger partial charge on any atom is -0.476 e. The molecule has 6 heteroatoms. The van der Waals surface area contributed by atoms with E-state index in [2.05, 4.69) is 5.32 Å². The monoisotopic (exact) mass is 378 g/mol. The van der Waals surface area contributed by atoms with Gasteiger partial charge in [0.2, 0.25) is 5.91 Å². The van der Waals surface area contributed by atoms with E-state index in [-0.39, 0.29) is 24.3 Å². The lowest BCUT2D eigenvalue weighted by Gasteiger charge is -2.38. The highest BCUT2D eigenvalue weighted by Crippen LogP contribution is 2.39. The quantitative estimate of drug-likeness (QED) is 0.803. The second-order valence-corrected chi connectivity index (χ2v) is 8.12. The van der Waals surface area contributed by atoms with Crippen LogP contribution in [0.4, 0.5) is 5.69 Å². The fourth-order valence-corrected chi connectivity index (χ4v) is 3.87. The number of nitrogens with zero attached hydrogens (tertiary/aromatic N) is 1. The Morgan fingerprint density at radius 2 is 1.96 bits per heavy atom. The summed E-state index contributed by atoms with van der Waals surface area (Å²) in [6.45, 7) is 3.80. The Labute approximate surface area is 160 Å². The van der Waals surface area contributed by atoms with Crippen molar-refractivity contribution in [3.8, 4) is 5.75 Å². The zero-order chi connectivity index (χ0) is 18.7. The van der Waals surface area contributed by atoms with Gasteiger partial charge in [-0.05, 0) is 44.9 Å². The molecule has 1 fully saturated rings. The fraction of sp³-hybridized carbons (Fsp3) is 0.600. The number of hydrogen-bond donors (Lipinski definition) is 1. The van der Waals surface area contributed by atoms with E-state index in [1.165, 1.54) is 25.7 Å². The molecule has 1 aliphatic carbocycles. The summed E-state index contributed by atoms with van der Waals surface area (Å²) in [5.41, 5.74) is -0.331. The first-order valence-corrected chi connectivity index (χ1v) is 9.84. The van der Waals surface area contributed by atoms with Gasteiger partial charge in [-0.2, -0.15) is 0 Å². The van der Waals surface area contributed by atoms with Crippen molar-refractivity contribution < 1.29 is 14.3 Å². The van der Waals surface area contributed by atoms with Crippen LogP contribution < -0.4 is 15.0 Å². The molecule has 0 unspecified atom stereocenters. The van der Waals surface area contributed by atoms with Gasteiger partial charge in [-0.1, -0.05) is 37.3 Å². The maximum Gasteiger partial charge on any atom is 0.270 e. The Hall–Kier alpha value is -1.75. The summed E-state index contributed by atoms with van der Waals surface area (Å²) in [5, 5.41) is 3.67. The Morgan fingerprint density at radius 3 is 2.65 bits per heavy atom. The molecule has 0 atom stereocenters. The van der Waals surface area contributed by atoms with Gasteiger partial charge in [-0.3, -0.25) is 9.59 Å². The van der Waals surface area contributed by atoms with Crippen molar-refractivity contribution in [3.63, 3.8) is 0 Å². The summed E-state index contributed by atoms with van der Waals surface area (Å²) in [6.07, 6.45) is 7.22. The van der Waals surface area contributed by atoms with Gasteiger partial charge in [0.25, 0.3) is 5.91 Å². The number of nitrogens with one attached hydrogen (secondary N) is 1. The maximum atomic E-state index is 12.8. The number of rotatable bonds is 4. The molecule has 0 spiro atoms. The number of halogens is 1. The van der Waals surface area contributed by atoms with Crippen LogP contribution in [-0.2, 0) is 9.59 Å². The third-order valence-electron chi connectivity index (χ3n) is 5.12. The van der Waals surface area contributed by atoms with E-state index in [0.717, 1.165) is 12.8 Å². The van der Waals surface area contributed by atoms with Gasteiger partial charge >= 0.3 is 0 Å². The van der Waals surface area contributed by atoms with Crippen molar-refractivity contribution >= 4 is 29.1 Å². The number of carbonyl (C=O) groups is 2. The molecular weight excluding hydrogens is 352 g/mol. The van der Waals surface area contributed by atoms with Crippen LogP contribution in [0.5, 0.6) is 5.75 Å². The molecule has 0 saturated heterocycles. The van der Waals surface area contributed by atoms with Crippen LogP contribution in [-0.4, -0.2) is 30.0 Å². The van der Waals surface area contributed by atoms with Crippen LogP contribution in [0.25, 0.3) is 0 Å². The van der Waals surface area contributed by atoms with Crippen LogP contribution in [0.3, 0.4) is 0 Å². The van der Waals surface area contributed by atoms with Gasteiger partial charge in [-0.25, -0.2) is 0 Å². The molecule has 2 aliphatic rings. The summed E-state index contributed by atoms with van der Waals surface area (Å²) >= 11 is 6.09. The van der Waals surface area contributed by atoms with E-state index < -0.39 is 5.60 Å². The first kappa shape index (κ1) is 19.0. The zero-order valence-corrected chi connectivity index (χ0v) is 16.3. The molecule has 1 saturated carbocycles. The molecule has 5 nitrogen and oxygen atoms in total. The molecule has 0 aromatic heterocycles. The summed E-state index contributed by atoms with van der Waals surface area (Å²) in [5.74, 6) is 0.454. The number of fused-ring (bicyclic) bond motifs is 1. The average Bonchev–Trinajstić information content (AvgIpc) is 2.84. The molecule has 1 heterocycles. The zero-order valence-electron chi connectivity index (χ0n) is 15.5. The molecule has 0 bridgehead atoms. The third-order valence-corrected chi connectivity index (χ3v) is 5.35. The van der Waals surface area contributed by atoms with Crippen molar-refractivity contribution in [2.24, 2.45) is 0 Å². The van der Waals surface area contributed by atoms with Gasteiger partial charge in [0.05, 0.1) is 5.69 Å². The van der Waals surface area contributed by atoms with E-state index in [0.29, 0.717) is 23.0 Å². The highest BCUT2D eigenvalue weighted by atomic mass is 35.5. The van der Waals surface area contributed by atoms with E-state index in [1.54, 1.807) is 36.9 Å². The lowest BCUT2D eigenvalue weighted by Crippen LogP contribution is -2.53. The van der Waals surface area contributed by atoms with Crippen molar-refractivity contribution in [3.05, 3.63) is 23.2 Å². The predicted molar refractivity (Wildman–Crippen MR) is 103 cm³/mol. The molecule has 1 aromatic carbocycles. The molecule has 1 aliphatic heterocycles. The van der Waals surface area contributed by atoms with Gasteiger partial charge in [0.1, 0.15) is 5.75 Å². The minimum atomic E-state index is -0.960. The lowest BCUT2D eigenvalue weighted by molar-refractivity contribution is -0.132. The highest BCUT2D eigenvalue weighted by Gasteiger charge is 2.41. The van der Waals surface area contributed by atoms with Crippen LogP contribution in [0.2, 0.25) is 5.02 Å². The van der Waals surface area contributed by atoms with Crippen LogP contribution in [0, 0.1) is 0 Å². The van der Waals surface area contributed by atoms with Crippen molar-refractivity contribution in [2.45, 2.75) is 70.4 Å². The number of hydrogen-bond acceptors (Lipinski definition) is 3. The Bertz CT molecular complexity index is 682. The summed E-state index contributed by atoms with van der Waals surface area (Å²) in [4.78, 5) is 26.8. The van der Waals surface area contributed by atoms with Crippen molar-refractivity contribution in [2.75, 3.05) is 11.4 Å². The van der Waals surface area contributed by atoms with Gasteiger partial charge < -0.3 is 15.0 Å². The number of ether oxygens (including phenoxy) is 1. The van der Waals surface area contributed by atoms with Crippen LogP contribution >= 0.6 is 11.6 Å². The van der Waals surface area contributed by atoms with E-state index in [4.69, 9.17) is 16.3 Å². The Balaban J connectivity index is 1.67. The summed E-state index contributed by atoms with van der Waals surface area (Å²) in [6, 6.07) is 5.49. The third kappa shape index (κ3) is 4.32. The van der Waals surface area contributed by atoms with Gasteiger partial charge in [0.15, 0.2) is 5.60 Å². The molecular formula is C20H27ClN2O3. The largest absolute Gasteiger partial charge is 0.476 e. The topological polar surface area (TPSA) is 58.6 Å². The molecule has 142 valence electrons. The van der Waals surface area contributed by atoms with Crippen LogP contribution in [0.15, 0.2) is 18.2 Å². The number of benzene rings is 1. The smallest absolute Gasteiger partial charge is 0.270 e. The number of amides is 2. The molecule has 2 amide bonds. The first-order chi connectivity index (χ1) is 12.4. The highest BCUT2D eigenvalue weighted by molar-refractivity contribution is 6.31. The minimum absolute atomic E-state index is 0.00224. The fourth-order valence-electron chi connectivity index (χ4n) is 3.70. The predicted octanol–water partition coefficient (Wildman–Crippen LogP) is 4.07. The second-order valence-electron chi connectivity index (χ2n) is 7.69. The first-order valence-electron chi connectivity index (χ1n) is 9.47. The molecule has 1 aromatic rings. The van der Waals surface area contributed by atoms with Gasteiger partial charge in [0, 0.05) is 24.0 Å². The average molecular weight is 379 g/mol. The van der Waals surface area contributed by atoms with E-state index >= 15 is 0 Å². The molecule has 0 radical (unpaired) electrons. The normalized spacial score (nSPS) is 20.1. The Morgan fingerprint density at radius 1 is 1.27 bits per heavy atom. The van der Waals surface area contributed by atoms with Gasteiger partial charge in [-0.15, -0.1) is 0 Å². The molecule has 26 heavy (non-hydrogen) atoms. The SMILES string of the molecule is CC1(C)Oc2ccc(Cl)cc2N(CCC(=O)NC2CCCCCC2)C1=O. The standard InChI is InChI=1S/C20H27ClN2O3/c1-20(2)19(25)23(16-13-14(21)9-10-17(16)26-20)12-11-18(24)22-15-7-5-3-4-6-8-15/h9-10,13,15H,3-8,11-12H2,1-2H3,(H,22,24). The van der Waals surface area contributed by atoms with Crippen molar-refractivity contribution in [1.29, 1.82) is 0 Å². The van der Waals surface area contributed by atoms with E-state index in [1.807, 2.05) is 0 Å². The molecule has 1 N–H and O–H groups in total. The second kappa shape index (κ2) is 7.87. The van der Waals surface area contributed by atoms with E-state index in [9.17, 15) is 9.59 Å². The number of carbonyl (C=O) groups excluding carboxylic acids is 2. The Kier molecular flexibility index (Phi) is 5.76. The van der Waals surface area contributed by atoms with Crippen LogP contribution in [0.1, 0.15) is 58.8 Å². The maximum absolute atomic E-state index is 12.8. The number of anilines is 1. The summed E-state index contributed by atoms with van der Waals surface area (Å²) < 4.78 is 5.81. The van der Waals surface area contributed by atoms with Crippen molar-refractivity contribution in [1.82, 2.24) is 5.32 Å².